The van der Waals surface area contributed by atoms with Crippen LogP contribution in [0.2, 0.25) is 0 Å². The molecule has 0 aromatic heterocycles. The van der Waals surface area contributed by atoms with Crippen LogP contribution in [0.1, 0.15) is 50.7 Å². The van der Waals surface area contributed by atoms with E-state index in [9.17, 15) is 17.6 Å². The maximum absolute atomic E-state index is 13.7. The van der Waals surface area contributed by atoms with E-state index >= 15 is 0 Å². The van der Waals surface area contributed by atoms with Gasteiger partial charge in [0, 0.05) is 13.2 Å². The van der Waals surface area contributed by atoms with Gasteiger partial charge in [0.25, 0.3) is 11.8 Å². The zero-order valence-corrected chi connectivity index (χ0v) is 17.9. The van der Waals surface area contributed by atoms with Crippen LogP contribution in [0.4, 0.5) is 17.6 Å². The van der Waals surface area contributed by atoms with Crippen molar-refractivity contribution < 1.29 is 36.5 Å². The molecule has 0 aliphatic heterocycles. The van der Waals surface area contributed by atoms with E-state index in [1.165, 1.54) is 0 Å². The predicted octanol–water partition coefficient (Wildman–Crippen LogP) is 5.62. The molecule has 0 atom stereocenters. The van der Waals surface area contributed by atoms with Crippen LogP contribution in [0.25, 0.3) is 0 Å². The summed E-state index contributed by atoms with van der Waals surface area (Å²) in [6.45, 7) is 1.66. The summed E-state index contributed by atoms with van der Waals surface area (Å²) in [5.41, 5.74) is 1.32. The van der Waals surface area contributed by atoms with Gasteiger partial charge < -0.3 is 18.9 Å². The van der Waals surface area contributed by atoms with Crippen molar-refractivity contribution in [3.8, 4) is 0 Å². The monoisotopic (exact) mass is 438 g/mol. The van der Waals surface area contributed by atoms with Crippen molar-refractivity contribution in [1.82, 2.24) is 0 Å². The van der Waals surface area contributed by atoms with E-state index in [2.05, 4.69) is 0 Å². The number of alkyl halides is 4. The Bertz CT molecular complexity index is 525. The molecular formula is C22H34F4O4. The molecule has 1 aromatic rings. The molecule has 0 aliphatic carbocycles. The van der Waals surface area contributed by atoms with Crippen molar-refractivity contribution in [3.63, 3.8) is 0 Å². The first-order chi connectivity index (χ1) is 14.3. The molecule has 30 heavy (non-hydrogen) atoms. The Morgan fingerprint density at radius 3 is 1.47 bits per heavy atom. The van der Waals surface area contributed by atoms with E-state index < -0.39 is 38.3 Å². The van der Waals surface area contributed by atoms with Gasteiger partial charge in [-0.25, -0.2) is 17.6 Å². The fraction of sp³-hybridized carbons (Fsp3) is 0.727. The highest BCUT2D eigenvalue weighted by Gasteiger charge is 2.30. The molecule has 8 heteroatoms. The first-order valence-corrected chi connectivity index (χ1v) is 10.4. The van der Waals surface area contributed by atoms with Crippen molar-refractivity contribution in [3.05, 3.63) is 35.4 Å². The van der Waals surface area contributed by atoms with Crippen molar-refractivity contribution in [2.45, 2.75) is 64.6 Å². The van der Waals surface area contributed by atoms with Crippen molar-refractivity contribution >= 4 is 0 Å². The minimum atomic E-state index is -3.06. The molecule has 0 saturated heterocycles. The van der Waals surface area contributed by atoms with Crippen LogP contribution in [0.15, 0.2) is 24.3 Å². The largest absolute Gasteiger partial charge is 0.375 e. The second-order valence-corrected chi connectivity index (χ2v) is 7.33. The van der Waals surface area contributed by atoms with Crippen LogP contribution < -0.4 is 0 Å². The summed E-state index contributed by atoms with van der Waals surface area (Å²) in [5.74, 6) is -6.11. The Kier molecular flexibility index (Phi) is 13.2. The van der Waals surface area contributed by atoms with Crippen LogP contribution in [0, 0.1) is 0 Å². The third-order valence-corrected chi connectivity index (χ3v) is 4.07. The highest BCUT2D eigenvalue weighted by Crippen LogP contribution is 2.18. The molecule has 0 aliphatic rings. The lowest BCUT2D eigenvalue weighted by Crippen LogP contribution is -2.30. The van der Waals surface area contributed by atoms with Gasteiger partial charge in [-0.3, -0.25) is 0 Å². The average Bonchev–Trinajstić information content (AvgIpc) is 2.69. The molecule has 1 aromatic carbocycles. The molecule has 0 spiro atoms. The van der Waals surface area contributed by atoms with Gasteiger partial charge in [-0.1, -0.05) is 51.0 Å². The molecule has 174 valence electrons. The van der Waals surface area contributed by atoms with Crippen LogP contribution >= 0.6 is 0 Å². The second-order valence-electron chi connectivity index (χ2n) is 7.33. The number of hydrogen-bond acceptors (Lipinski definition) is 4. The summed E-state index contributed by atoms with van der Waals surface area (Å²) >= 11 is 0. The predicted molar refractivity (Wildman–Crippen MR) is 107 cm³/mol. The number of hydrogen-bond donors (Lipinski definition) is 0. The molecule has 0 radical (unpaired) electrons. The van der Waals surface area contributed by atoms with E-state index in [-0.39, 0.29) is 13.2 Å². The molecule has 0 unspecified atom stereocenters. The van der Waals surface area contributed by atoms with Gasteiger partial charge in [0.15, 0.2) is 0 Å². The summed E-state index contributed by atoms with van der Waals surface area (Å²) in [4.78, 5) is 0. The van der Waals surface area contributed by atoms with Crippen LogP contribution in [-0.4, -0.2) is 51.5 Å². The van der Waals surface area contributed by atoms with Crippen LogP contribution in [0.3, 0.4) is 0 Å². The number of ether oxygens (including phenoxy) is 4. The van der Waals surface area contributed by atoms with E-state index in [1.54, 1.807) is 24.3 Å². The fourth-order valence-electron chi connectivity index (χ4n) is 2.46. The standard InChI is InChI=1S/C22H34F4O4/c1-3-5-10-27-15-21(23,24)17-29-13-19-8-7-9-20(12-19)14-30-18-22(25,26)16-28-11-6-4-2/h7-9,12H,3-6,10-11,13-18H2,1-2H3. The SMILES string of the molecule is CCCCOCC(F)(F)COCc1cccc(COCC(F)(F)COCCCC)c1. The highest BCUT2D eigenvalue weighted by atomic mass is 19.3. The lowest BCUT2D eigenvalue weighted by molar-refractivity contribution is -0.127. The zero-order valence-electron chi connectivity index (χ0n) is 17.9. The Labute approximate surface area is 176 Å². The van der Waals surface area contributed by atoms with Gasteiger partial charge in [-0.15, -0.1) is 0 Å². The van der Waals surface area contributed by atoms with Gasteiger partial charge in [0.1, 0.15) is 26.4 Å². The Morgan fingerprint density at radius 2 is 1.07 bits per heavy atom. The Hall–Kier alpha value is -1.22. The maximum atomic E-state index is 13.7. The number of rotatable bonds is 18. The summed E-state index contributed by atoms with van der Waals surface area (Å²) in [6, 6.07) is 6.83. The third kappa shape index (κ3) is 13.2. The normalized spacial score (nSPS) is 12.5. The minimum absolute atomic E-state index is 0.0141. The lowest BCUT2D eigenvalue weighted by Gasteiger charge is -2.17. The van der Waals surface area contributed by atoms with Crippen molar-refractivity contribution in [2.24, 2.45) is 0 Å². The van der Waals surface area contributed by atoms with E-state index in [0.717, 1.165) is 25.7 Å². The first kappa shape index (κ1) is 26.8. The first-order valence-electron chi connectivity index (χ1n) is 10.4. The molecule has 0 amide bonds. The minimum Gasteiger partial charge on any atom is -0.375 e. The van der Waals surface area contributed by atoms with Gasteiger partial charge in [-0.2, -0.15) is 0 Å². The van der Waals surface area contributed by atoms with E-state index in [4.69, 9.17) is 18.9 Å². The van der Waals surface area contributed by atoms with Gasteiger partial charge in [-0.05, 0) is 24.0 Å². The van der Waals surface area contributed by atoms with E-state index in [0.29, 0.717) is 24.3 Å². The van der Waals surface area contributed by atoms with Crippen LogP contribution in [-0.2, 0) is 32.2 Å². The molecule has 1 rings (SSSR count). The van der Waals surface area contributed by atoms with Crippen LogP contribution in [0.5, 0.6) is 0 Å². The molecular weight excluding hydrogens is 404 g/mol. The molecule has 0 bridgehead atoms. The van der Waals surface area contributed by atoms with Gasteiger partial charge in [0.05, 0.1) is 13.2 Å². The lowest BCUT2D eigenvalue weighted by atomic mass is 10.1. The smallest absolute Gasteiger partial charge is 0.293 e. The Morgan fingerprint density at radius 1 is 0.667 bits per heavy atom. The van der Waals surface area contributed by atoms with Gasteiger partial charge >= 0.3 is 0 Å². The van der Waals surface area contributed by atoms with Gasteiger partial charge in [0.2, 0.25) is 0 Å². The third-order valence-electron chi connectivity index (χ3n) is 4.07. The number of benzene rings is 1. The molecule has 4 nitrogen and oxygen atoms in total. The quantitative estimate of drug-likeness (QED) is 0.220. The zero-order chi connectivity index (χ0) is 22.3. The summed E-state index contributed by atoms with van der Waals surface area (Å²) < 4.78 is 74.9. The summed E-state index contributed by atoms with van der Waals surface area (Å²) in [7, 11) is 0. The molecule has 0 N–H and O–H groups in total. The number of unbranched alkanes of at least 4 members (excludes halogenated alkanes) is 2. The van der Waals surface area contributed by atoms with Crippen molar-refractivity contribution in [2.75, 3.05) is 39.6 Å². The van der Waals surface area contributed by atoms with E-state index in [1.807, 2.05) is 13.8 Å². The van der Waals surface area contributed by atoms with Crippen molar-refractivity contribution in [1.29, 1.82) is 0 Å². The fourth-order valence-corrected chi connectivity index (χ4v) is 2.46. The number of halogens is 4. The molecule has 0 heterocycles. The topological polar surface area (TPSA) is 36.9 Å². The maximum Gasteiger partial charge on any atom is 0.293 e. The average molecular weight is 439 g/mol. The summed E-state index contributed by atoms with van der Waals surface area (Å²) in [5, 5.41) is 0. The summed E-state index contributed by atoms with van der Waals surface area (Å²) in [6.07, 6.45) is 3.24. The Balaban J connectivity index is 2.32. The highest BCUT2D eigenvalue weighted by molar-refractivity contribution is 5.22. The molecule has 0 fully saturated rings. The molecule has 0 saturated carbocycles. The second kappa shape index (κ2) is 14.7.